The van der Waals surface area contributed by atoms with Crippen LogP contribution in [0.4, 0.5) is 0 Å². The lowest BCUT2D eigenvalue weighted by Gasteiger charge is -2.11. The monoisotopic (exact) mass is 233 g/mol. The molecule has 0 aliphatic rings. The Morgan fingerprint density at radius 1 is 1.44 bits per heavy atom. The zero-order valence-corrected chi connectivity index (χ0v) is 10.2. The average molecular weight is 233 g/mol. The van der Waals surface area contributed by atoms with Crippen molar-refractivity contribution in [2.45, 2.75) is 20.3 Å². The molecule has 1 atom stereocenters. The van der Waals surface area contributed by atoms with E-state index in [-0.39, 0.29) is 18.5 Å². The van der Waals surface area contributed by atoms with Crippen molar-refractivity contribution in [1.82, 2.24) is 5.32 Å². The Morgan fingerprint density at radius 3 is 2.81 bits per heavy atom. The molecule has 1 unspecified atom stereocenters. The van der Waals surface area contributed by atoms with Crippen LogP contribution in [0.25, 0.3) is 0 Å². The van der Waals surface area contributed by atoms with Crippen LogP contribution in [0.1, 0.15) is 20.3 Å². The minimum atomic E-state index is -0.161. The number of ether oxygens (including phenoxy) is 2. The number of aliphatic hydroxyl groups is 1. The van der Waals surface area contributed by atoms with Gasteiger partial charge in [0.25, 0.3) is 0 Å². The summed E-state index contributed by atoms with van der Waals surface area (Å²) < 4.78 is 9.98. The van der Waals surface area contributed by atoms with E-state index in [1.807, 2.05) is 6.92 Å². The third-order valence-electron chi connectivity index (χ3n) is 2.02. The predicted octanol–water partition coefficient (Wildman–Crippen LogP) is 0.174. The Labute approximate surface area is 97.1 Å². The van der Waals surface area contributed by atoms with Crippen molar-refractivity contribution in [3.05, 3.63) is 0 Å². The number of aliphatic hydroxyl groups excluding tert-OH is 1. The third-order valence-corrected chi connectivity index (χ3v) is 2.02. The first-order valence-electron chi connectivity index (χ1n) is 5.78. The number of carbonyl (C=O) groups excluding carboxylic acids is 1. The maximum absolute atomic E-state index is 11.2. The molecule has 0 fully saturated rings. The molecule has 5 nitrogen and oxygen atoms in total. The van der Waals surface area contributed by atoms with Gasteiger partial charge in [-0.15, -0.1) is 0 Å². The quantitative estimate of drug-likeness (QED) is 0.416. The number of esters is 1. The molecule has 0 aliphatic carbocycles. The largest absolute Gasteiger partial charge is 0.466 e. The summed E-state index contributed by atoms with van der Waals surface area (Å²) in [5.74, 6) is -0.273. The first-order valence-corrected chi connectivity index (χ1v) is 5.78. The second-order valence-corrected chi connectivity index (χ2v) is 3.55. The normalized spacial score (nSPS) is 12.4. The van der Waals surface area contributed by atoms with Gasteiger partial charge in [0.05, 0.1) is 25.7 Å². The molecule has 0 rings (SSSR count). The van der Waals surface area contributed by atoms with Gasteiger partial charge in [-0.1, -0.05) is 6.92 Å². The van der Waals surface area contributed by atoms with Gasteiger partial charge in [0.2, 0.25) is 0 Å². The summed E-state index contributed by atoms with van der Waals surface area (Å²) in [6, 6.07) is 0. The number of carbonyl (C=O) groups is 1. The van der Waals surface area contributed by atoms with Gasteiger partial charge in [-0.25, -0.2) is 0 Å². The van der Waals surface area contributed by atoms with Crippen LogP contribution in [0, 0.1) is 5.92 Å². The summed E-state index contributed by atoms with van der Waals surface area (Å²) in [6.45, 7) is 6.57. The second-order valence-electron chi connectivity index (χ2n) is 3.55. The molecule has 2 N–H and O–H groups in total. The molecule has 0 bridgehead atoms. The summed E-state index contributed by atoms with van der Waals surface area (Å²) in [7, 11) is 0. The molecular weight excluding hydrogens is 210 g/mol. The molecule has 0 aromatic carbocycles. The van der Waals surface area contributed by atoms with Crippen LogP contribution in [-0.4, -0.2) is 50.6 Å². The Bertz CT molecular complexity index is 175. The maximum Gasteiger partial charge on any atom is 0.309 e. The van der Waals surface area contributed by atoms with E-state index in [1.165, 1.54) is 0 Å². The first kappa shape index (κ1) is 15.3. The minimum absolute atomic E-state index is 0.0628. The molecule has 16 heavy (non-hydrogen) atoms. The maximum atomic E-state index is 11.2. The van der Waals surface area contributed by atoms with Crippen LogP contribution in [0.5, 0.6) is 0 Å². The molecule has 0 saturated carbocycles. The van der Waals surface area contributed by atoms with E-state index in [1.54, 1.807) is 6.92 Å². The highest BCUT2D eigenvalue weighted by molar-refractivity contribution is 5.72. The lowest BCUT2D eigenvalue weighted by Crippen LogP contribution is -2.29. The van der Waals surface area contributed by atoms with Gasteiger partial charge in [-0.3, -0.25) is 4.79 Å². The smallest absolute Gasteiger partial charge is 0.309 e. The molecule has 5 heteroatoms. The Hall–Kier alpha value is -0.650. The van der Waals surface area contributed by atoms with Crippen LogP contribution in [0.2, 0.25) is 0 Å². The summed E-state index contributed by atoms with van der Waals surface area (Å²) in [6.07, 6.45) is 0.871. The highest BCUT2D eigenvalue weighted by Crippen LogP contribution is 1.96. The Balaban J connectivity index is 3.27. The zero-order valence-electron chi connectivity index (χ0n) is 10.2. The molecule has 0 saturated heterocycles. The van der Waals surface area contributed by atoms with Crippen molar-refractivity contribution in [2.24, 2.45) is 5.92 Å². The summed E-state index contributed by atoms with van der Waals surface area (Å²) in [4.78, 5) is 11.2. The molecule has 96 valence electrons. The second kappa shape index (κ2) is 10.9. The van der Waals surface area contributed by atoms with E-state index in [0.717, 1.165) is 13.0 Å². The molecule has 0 heterocycles. The fourth-order valence-corrected chi connectivity index (χ4v) is 1.15. The summed E-state index contributed by atoms with van der Waals surface area (Å²) in [5.41, 5.74) is 0. The Morgan fingerprint density at radius 2 is 2.19 bits per heavy atom. The molecule has 0 aromatic heterocycles. The van der Waals surface area contributed by atoms with Crippen molar-refractivity contribution in [1.29, 1.82) is 0 Å². The number of hydrogen-bond donors (Lipinski definition) is 2. The van der Waals surface area contributed by atoms with Crippen LogP contribution in [0.15, 0.2) is 0 Å². The fourth-order valence-electron chi connectivity index (χ4n) is 1.15. The fraction of sp³-hybridized carbons (Fsp3) is 0.909. The summed E-state index contributed by atoms with van der Waals surface area (Å²) >= 11 is 0. The summed E-state index contributed by atoms with van der Waals surface area (Å²) in [5, 5.41) is 11.6. The minimum Gasteiger partial charge on any atom is -0.466 e. The average Bonchev–Trinajstić information content (AvgIpc) is 2.28. The van der Waals surface area contributed by atoms with E-state index in [0.29, 0.717) is 26.4 Å². The van der Waals surface area contributed by atoms with Gasteiger partial charge in [-0.2, -0.15) is 0 Å². The molecule has 0 radical (unpaired) electrons. The highest BCUT2D eigenvalue weighted by atomic mass is 16.5. The number of hydrogen-bond acceptors (Lipinski definition) is 5. The van der Waals surface area contributed by atoms with Gasteiger partial charge in [0.15, 0.2) is 0 Å². The third kappa shape index (κ3) is 8.64. The first-order chi connectivity index (χ1) is 7.72. The molecule has 0 aromatic rings. The van der Waals surface area contributed by atoms with Crippen LogP contribution < -0.4 is 5.32 Å². The standard InChI is InChI=1S/C11H23NO4/c1-3-16-11(14)10(2)9-12-5-4-7-15-8-6-13/h10,12-13H,3-9H2,1-2H3. The van der Waals surface area contributed by atoms with E-state index in [4.69, 9.17) is 14.6 Å². The van der Waals surface area contributed by atoms with Crippen LogP contribution in [-0.2, 0) is 14.3 Å². The topological polar surface area (TPSA) is 67.8 Å². The molecule has 0 spiro atoms. The van der Waals surface area contributed by atoms with Crippen LogP contribution >= 0.6 is 0 Å². The number of nitrogens with one attached hydrogen (secondary N) is 1. The van der Waals surface area contributed by atoms with Gasteiger partial charge in [0.1, 0.15) is 0 Å². The van der Waals surface area contributed by atoms with E-state index < -0.39 is 0 Å². The van der Waals surface area contributed by atoms with Gasteiger partial charge in [-0.05, 0) is 19.9 Å². The zero-order chi connectivity index (χ0) is 12.2. The molecule has 0 amide bonds. The van der Waals surface area contributed by atoms with E-state index >= 15 is 0 Å². The SMILES string of the molecule is CCOC(=O)C(C)CNCCCOCCO. The van der Waals surface area contributed by atoms with Crippen molar-refractivity contribution in [3.63, 3.8) is 0 Å². The highest BCUT2D eigenvalue weighted by Gasteiger charge is 2.12. The number of rotatable bonds is 10. The predicted molar refractivity (Wildman–Crippen MR) is 61.2 cm³/mol. The van der Waals surface area contributed by atoms with Crippen LogP contribution in [0.3, 0.4) is 0 Å². The van der Waals surface area contributed by atoms with Gasteiger partial charge >= 0.3 is 5.97 Å². The molecule has 0 aliphatic heterocycles. The lowest BCUT2D eigenvalue weighted by atomic mass is 10.2. The van der Waals surface area contributed by atoms with Crippen molar-refractivity contribution in [2.75, 3.05) is 39.5 Å². The lowest BCUT2D eigenvalue weighted by molar-refractivity contribution is -0.147. The van der Waals surface area contributed by atoms with Gasteiger partial charge in [0, 0.05) is 13.2 Å². The van der Waals surface area contributed by atoms with E-state index in [9.17, 15) is 4.79 Å². The van der Waals surface area contributed by atoms with Gasteiger partial charge < -0.3 is 19.9 Å². The Kier molecular flexibility index (Phi) is 10.4. The van der Waals surface area contributed by atoms with Crippen molar-refractivity contribution < 1.29 is 19.4 Å². The van der Waals surface area contributed by atoms with Crippen molar-refractivity contribution in [3.8, 4) is 0 Å². The van der Waals surface area contributed by atoms with E-state index in [2.05, 4.69) is 5.32 Å². The molecular formula is C11H23NO4. The van der Waals surface area contributed by atoms with Crippen molar-refractivity contribution >= 4 is 5.97 Å².